The van der Waals surface area contributed by atoms with Crippen molar-refractivity contribution in [1.82, 2.24) is 15.5 Å². The lowest BCUT2D eigenvalue weighted by atomic mass is 10.0. The summed E-state index contributed by atoms with van der Waals surface area (Å²) in [5.74, 6) is -4.17. The molecule has 4 amide bonds. The molecule has 1 aliphatic rings. The van der Waals surface area contributed by atoms with Crippen LogP contribution in [0.3, 0.4) is 0 Å². The van der Waals surface area contributed by atoms with E-state index in [2.05, 4.69) is 10.6 Å². The van der Waals surface area contributed by atoms with Crippen molar-refractivity contribution in [3.8, 4) is 0 Å². The summed E-state index contributed by atoms with van der Waals surface area (Å²) in [6.45, 7) is 2.84. The van der Waals surface area contributed by atoms with Crippen LogP contribution in [-0.4, -0.2) is 82.0 Å². The highest BCUT2D eigenvalue weighted by Crippen LogP contribution is 2.20. The van der Waals surface area contributed by atoms with E-state index in [0.717, 1.165) is 0 Å². The van der Waals surface area contributed by atoms with Crippen LogP contribution >= 0.6 is 0 Å². The molecule has 30 heavy (non-hydrogen) atoms. The molecule has 0 saturated carbocycles. The first kappa shape index (κ1) is 25.3. The smallest absolute Gasteiger partial charge is 0.328 e. The van der Waals surface area contributed by atoms with Gasteiger partial charge in [0.05, 0.1) is 12.6 Å². The van der Waals surface area contributed by atoms with Crippen LogP contribution < -0.4 is 22.1 Å². The normalized spacial score (nSPS) is 19.1. The van der Waals surface area contributed by atoms with Crippen molar-refractivity contribution in [2.45, 2.75) is 63.7 Å². The molecular weight excluding hydrogens is 398 g/mol. The van der Waals surface area contributed by atoms with Gasteiger partial charge < -0.3 is 37.2 Å². The van der Waals surface area contributed by atoms with E-state index >= 15 is 0 Å². The number of primary amides is 1. The van der Waals surface area contributed by atoms with E-state index in [1.54, 1.807) is 13.8 Å². The third-order valence-corrected chi connectivity index (χ3v) is 4.90. The van der Waals surface area contributed by atoms with E-state index in [0.29, 0.717) is 19.4 Å². The molecule has 170 valence electrons. The number of carbonyl (C=O) groups is 5. The molecule has 0 aromatic rings. The number of aliphatic hydroxyl groups excluding tert-OH is 1. The number of carboxylic acid groups (broad SMARTS) is 1. The van der Waals surface area contributed by atoms with Gasteiger partial charge in [0.2, 0.25) is 23.6 Å². The zero-order chi connectivity index (χ0) is 23.0. The number of rotatable bonds is 11. The Labute approximate surface area is 174 Å². The van der Waals surface area contributed by atoms with Crippen LogP contribution in [0.15, 0.2) is 0 Å². The predicted octanol–water partition coefficient (Wildman–Crippen LogP) is -2.73. The van der Waals surface area contributed by atoms with Gasteiger partial charge in [-0.15, -0.1) is 0 Å². The summed E-state index contributed by atoms with van der Waals surface area (Å²) in [6.07, 6.45) is 0.952. The Hall–Kier alpha value is -2.73. The minimum Gasteiger partial charge on any atom is -0.480 e. The van der Waals surface area contributed by atoms with E-state index in [1.807, 2.05) is 0 Å². The Kier molecular flexibility index (Phi) is 9.66. The van der Waals surface area contributed by atoms with Crippen LogP contribution in [0.4, 0.5) is 0 Å². The highest BCUT2D eigenvalue weighted by molar-refractivity contribution is 5.94. The maximum absolute atomic E-state index is 12.8. The lowest BCUT2D eigenvalue weighted by Gasteiger charge is -2.29. The van der Waals surface area contributed by atoms with Crippen molar-refractivity contribution in [2.24, 2.45) is 17.4 Å². The molecule has 1 saturated heterocycles. The molecule has 1 heterocycles. The van der Waals surface area contributed by atoms with E-state index in [4.69, 9.17) is 21.7 Å². The fourth-order valence-corrected chi connectivity index (χ4v) is 3.17. The second kappa shape index (κ2) is 11.5. The average molecular weight is 429 g/mol. The number of carbonyl (C=O) groups excluding carboxylic acids is 4. The van der Waals surface area contributed by atoms with Crippen LogP contribution in [0, 0.1) is 5.92 Å². The van der Waals surface area contributed by atoms with Crippen molar-refractivity contribution in [3.05, 3.63) is 0 Å². The number of hydrogen-bond acceptors (Lipinski definition) is 7. The molecule has 0 aromatic carbocycles. The highest BCUT2D eigenvalue weighted by Gasteiger charge is 2.38. The number of aliphatic hydroxyl groups is 1. The molecule has 12 heteroatoms. The molecule has 1 fully saturated rings. The summed E-state index contributed by atoms with van der Waals surface area (Å²) < 4.78 is 0. The number of nitrogens with two attached hydrogens (primary N) is 2. The standard InChI is InChI=1S/C18H31N5O7/c1-9(2)14(16(27)21-11(8-24)18(29)30)22-15(26)12-4-3-7-23(12)17(28)10(19)5-6-13(20)25/h9-12,14,24H,3-8,19H2,1-2H3,(H2,20,25)(H,21,27)(H,22,26)(H,29,30). The van der Waals surface area contributed by atoms with Gasteiger partial charge in [-0.2, -0.15) is 0 Å². The van der Waals surface area contributed by atoms with Crippen molar-refractivity contribution in [1.29, 1.82) is 0 Å². The van der Waals surface area contributed by atoms with Crippen molar-refractivity contribution < 1.29 is 34.2 Å². The molecule has 1 rings (SSSR count). The maximum Gasteiger partial charge on any atom is 0.328 e. The first-order chi connectivity index (χ1) is 14.0. The predicted molar refractivity (Wildman–Crippen MR) is 105 cm³/mol. The molecule has 1 aliphatic heterocycles. The first-order valence-electron chi connectivity index (χ1n) is 9.78. The molecule has 0 aliphatic carbocycles. The molecule has 0 radical (unpaired) electrons. The molecule has 0 spiro atoms. The van der Waals surface area contributed by atoms with Crippen LogP contribution in [0.2, 0.25) is 0 Å². The number of nitrogens with one attached hydrogen (secondary N) is 2. The fraction of sp³-hybridized carbons (Fsp3) is 0.722. The first-order valence-corrected chi connectivity index (χ1v) is 9.78. The fourth-order valence-electron chi connectivity index (χ4n) is 3.17. The third kappa shape index (κ3) is 6.95. The lowest BCUT2D eigenvalue weighted by molar-refractivity contribution is -0.144. The number of likely N-dealkylation sites (tertiary alicyclic amines) is 1. The van der Waals surface area contributed by atoms with Crippen molar-refractivity contribution in [2.75, 3.05) is 13.2 Å². The molecule has 12 nitrogen and oxygen atoms in total. The number of amides is 4. The minimum absolute atomic E-state index is 0.0528. The summed E-state index contributed by atoms with van der Waals surface area (Å²) in [5, 5.41) is 22.8. The summed E-state index contributed by atoms with van der Waals surface area (Å²) in [4.78, 5) is 61.1. The van der Waals surface area contributed by atoms with Gasteiger partial charge in [0.25, 0.3) is 0 Å². The largest absolute Gasteiger partial charge is 0.480 e. The summed E-state index contributed by atoms with van der Waals surface area (Å²) in [5.41, 5.74) is 10.9. The van der Waals surface area contributed by atoms with Gasteiger partial charge in [-0.05, 0) is 25.2 Å². The Morgan fingerprint density at radius 2 is 1.80 bits per heavy atom. The average Bonchev–Trinajstić information content (AvgIpc) is 3.16. The van der Waals surface area contributed by atoms with Gasteiger partial charge >= 0.3 is 5.97 Å². The summed E-state index contributed by atoms with van der Waals surface area (Å²) in [6, 6.07) is -4.37. The zero-order valence-corrected chi connectivity index (χ0v) is 17.2. The minimum atomic E-state index is -1.50. The Morgan fingerprint density at radius 1 is 1.17 bits per heavy atom. The van der Waals surface area contributed by atoms with Gasteiger partial charge in [-0.3, -0.25) is 19.2 Å². The van der Waals surface area contributed by atoms with E-state index in [-0.39, 0.29) is 18.8 Å². The number of aliphatic carboxylic acids is 1. The Balaban J connectivity index is 2.83. The van der Waals surface area contributed by atoms with Gasteiger partial charge in [0.1, 0.15) is 18.1 Å². The summed E-state index contributed by atoms with van der Waals surface area (Å²) >= 11 is 0. The second-order valence-corrected chi connectivity index (χ2v) is 7.61. The third-order valence-electron chi connectivity index (χ3n) is 4.90. The van der Waals surface area contributed by atoms with E-state index < -0.39 is 60.4 Å². The van der Waals surface area contributed by atoms with Crippen LogP contribution in [0.5, 0.6) is 0 Å². The number of carboxylic acids is 1. The zero-order valence-electron chi connectivity index (χ0n) is 17.2. The quantitative estimate of drug-likeness (QED) is 0.203. The van der Waals surface area contributed by atoms with Gasteiger partial charge in [-0.1, -0.05) is 13.8 Å². The van der Waals surface area contributed by atoms with Crippen LogP contribution in [0.1, 0.15) is 39.5 Å². The molecular formula is C18H31N5O7. The maximum atomic E-state index is 12.8. The van der Waals surface area contributed by atoms with Crippen LogP contribution in [-0.2, 0) is 24.0 Å². The Morgan fingerprint density at radius 3 is 2.30 bits per heavy atom. The monoisotopic (exact) mass is 429 g/mol. The topological polar surface area (TPSA) is 205 Å². The molecule has 0 bridgehead atoms. The molecule has 0 aromatic heterocycles. The SMILES string of the molecule is CC(C)C(NC(=O)C1CCCN1C(=O)C(N)CCC(N)=O)C(=O)NC(CO)C(=O)O. The van der Waals surface area contributed by atoms with Crippen LogP contribution in [0.25, 0.3) is 0 Å². The van der Waals surface area contributed by atoms with E-state index in [9.17, 15) is 24.0 Å². The molecule has 4 unspecified atom stereocenters. The second-order valence-electron chi connectivity index (χ2n) is 7.61. The number of hydrogen-bond donors (Lipinski definition) is 6. The Bertz CT molecular complexity index is 669. The van der Waals surface area contributed by atoms with Gasteiger partial charge in [-0.25, -0.2) is 4.79 Å². The van der Waals surface area contributed by atoms with Crippen molar-refractivity contribution >= 4 is 29.6 Å². The van der Waals surface area contributed by atoms with Crippen molar-refractivity contribution in [3.63, 3.8) is 0 Å². The van der Waals surface area contributed by atoms with Gasteiger partial charge in [0.15, 0.2) is 0 Å². The highest BCUT2D eigenvalue weighted by atomic mass is 16.4. The van der Waals surface area contributed by atoms with Gasteiger partial charge in [0, 0.05) is 13.0 Å². The summed E-state index contributed by atoms with van der Waals surface area (Å²) in [7, 11) is 0. The molecule has 8 N–H and O–H groups in total. The lowest BCUT2D eigenvalue weighted by Crippen LogP contribution is -2.58. The number of nitrogens with zero attached hydrogens (tertiary/aromatic N) is 1. The molecule has 4 atom stereocenters. The van der Waals surface area contributed by atoms with E-state index in [1.165, 1.54) is 4.90 Å².